The summed E-state index contributed by atoms with van der Waals surface area (Å²) in [5.74, 6) is -0.383. The van der Waals surface area contributed by atoms with Gasteiger partial charge in [0.15, 0.2) is 5.16 Å². The van der Waals surface area contributed by atoms with Crippen molar-refractivity contribution in [2.24, 2.45) is 5.11 Å². The molecule has 21 heavy (non-hydrogen) atoms. The minimum Gasteiger partial charge on any atom is -0.465 e. The Kier molecular flexibility index (Phi) is 6.41. The number of nitrogens with zero attached hydrogens (tertiary/aromatic N) is 5. The molecule has 1 heterocycles. The second-order valence-corrected chi connectivity index (χ2v) is 5.04. The van der Waals surface area contributed by atoms with Gasteiger partial charge in [0, 0.05) is 23.8 Å². The van der Waals surface area contributed by atoms with Crippen molar-refractivity contribution in [1.82, 2.24) is 9.97 Å². The van der Waals surface area contributed by atoms with Crippen LogP contribution in [0.5, 0.6) is 0 Å². The normalized spacial score (nSPS) is 13.1. The van der Waals surface area contributed by atoms with Crippen LogP contribution < -0.4 is 0 Å². The molecule has 114 valence electrons. The lowest BCUT2D eigenvalue weighted by Gasteiger charge is -2.27. The van der Waals surface area contributed by atoms with E-state index in [2.05, 4.69) is 20.0 Å². The molecular weight excluding hydrogens is 294 g/mol. The van der Waals surface area contributed by atoms with E-state index in [-0.39, 0.29) is 19.0 Å². The van der Waals surface area contributed by atoms with Crippen LogP contribution in [0.2, 0.25) is 0 Å². The van der Waals surface area contributed by atoms with Gasteiger partial charge in [-0.25, -0.2) is 9.97 Å². The summed E-state index contributed by atoms with van der Waals surface area (Å²) in [5, 5.41) is 4.01. The maximum atomic E-state index is 12.3. The Labute approximate surface area is 126 Å². The summed E-state index contributed by atoms with van der Waals surface area (Å²) >= 11 is 1.31. The largest absolute Gasteiger partial charge is 0.465 e. The van der Waals surface area contributed by atoms with Crippen LogP contribution >= 0.6 is 11.8 Å². The molecule has 1 atom stereocenters. The number of carbonyl (C=O) groups is 1. The Bertz CT molecular complexity index is 562. The van der Waals surface area contributed by atoms with Gasteiger partial charge >= 0.3 is 5.97 Å². The van der Waals surface area contributed by atoms with Crippen LogP contribution in [0, 0.1) is 0 Å². The summed E-state index contributed by atoms with van der Waals surface area (Å²) in [6.07, 6.45) is 3.27. The number of hydrogen-bond donors (Lipinski definition) is 0. The second kappa shape index (κ2) is 7.82. The van der Waals surface area contributed by atoms with Crippen molar-refractivity contribution < 1.29 is 14.3 Å². The van der Waals surface area contributed by atoms with E-state index in [0.717, 1.165) is 0 Å². The van der Waals surface area contributed by atoms with Gasteiger partial charge in [-0.3, -0.25) is 4.79 Å². The molecule has 0 aromatic carbocycles. The molecule has 0 radical (unpaired) electrons. The summed E-state index contributed by atoms with van der Waals surface area (Å²) < 4.78 is 10.2. The highest BCUT2D eigenvalue weighted by Crippen LogP contribution is 2.33. The first-order chi connectivity index (χ1) is 10.0. The zero-order valence-electron chi connectivity index (χ0n) is 12.4. The molecule has 0 aliphatic carbocycles. The van der Waals surface area contributed by atoms with Crippen molar-refractivity contribution in [2.45, 2.75) is 24.4 Å². The summed E-state index contributed by atoms with van der Waals surface area (Å²) in [7, 11) is 1.47. The van der Waals surface area contributed by atoms with Crippen molar-refractivity contribution in [3.8, 4) is 0 Å². The van der Waals surface area contributed by atoms with Crippen LogP contribution in [0.3, 0.4) is 0 Å². The van der Waals surface area contributed by atoms with E-state index in [0.29, 0.717) is 10.7 Å². The second-order valence-electron chi connectivity index (χ2n) is 4.27. The molecule has 0 amide bonds. The van der Waals surface area contributed by atoms with Crippen LogP contribution in [0.25, 0.3) is 10.4 Å². The van der Waals surface area contributed by atoms with Gasteiger partial charge in [0.05, 0.1) is 13.2 Å². The average molecular weight is 311 g/mol. The molecule has 0 fully saturated rings. The number of methoxy groups -OCH3 is 1. The van der Waals surface area contributed by atoms with E-state index in [1.54, 1.807) is 20.1 Å². The van der Waals surface area contributed by atoms with Crippen molar-refractivity contribution in [2.75, 3.05) is 26.6 Å². The Morgan fingerprint density at radius 2 is 2.33 bits per heavy atom. The summed E-state index contributed by atoms with van der Waals surface area (Å²) in [6.45, 7) is 3.65. The fourth-order valence-electron chi connectivity index (χ4n) is 1.79. The SMILES string of the molecule is CCOC(=O)C(C)(COC)c1cnc(SC)nc1N=[N+]=[N-]. The monoisotopic (exact) mass is 311 g/mol. The number of aromatic nitrogens is 2. The number of carbonyl (C=O) groups excluding carboxylic acids is 1. The number of esters is 1. The topological polar surface area (TPSA) is 110 Å². The van der Waals surface area contributed by atoms with E-state index in [4.69, 9.17) is 15.0 Å². The van der Waals surface area contributed by atoms with Gasteiger partial charge in [0.1, 0.15) is 11.2 Å². The minimum absolute atomic E-state index is 0.0573. The standard InChI is InChI=1S/C12H17N5O3S/c1-5-20-10(18)12(2,7-19-3)8-6-14-11(21-4)15-9(8)16-17-13/h6H,5,7H2,1-4H3. The molecule has 8 nitrogen and oxygen atoms in total. The predicted octanol–water partition coefficient (Wildman–Crippen LogP) is 2.61. The fraction of sp³-hybridized carbons (Fsp3) is 0.583. The zero-order valence-corrected chi connectivity index (χ0v) is 13.2. The van der Waals surface area contributed by atoms with Gasteiger partial charge in [-0.1, -0.05) is 11.8 Å². The lowest BCUT2D eigenvalue weighted by atomic mass is 9.84. The minimum atomic E-state index is -1.15. The van der Waals surface area contributed by atoms with Gasteiger partial charge in [-0.15, -0.1) is 0 Å². The molecule has 0 saturated heterocycles. The van der Waals surface area contributed by atoms with Gasteiger partial charge in [0.25, 0.3) is 0 Å². The summed E-state index contributed by atoms with van der Waals surface area (Å²) in [5.41, 5.74) is 7.91. The maximum Gasteiger partial charge on any atom is 0.318 e. The number of hydrogen-bond acceptors (Lipinski definition) is 7. The van der Waals surface area contributed by atoms with Crippen LogP contribution in [-0.4, -0.2) is 42.5 Å². The summed E-state index contributed by atoms with van der Waals surface area (Å²) in [4.78, 5) is 23.3. The highest BCUT2D eigenvalue weighted by atomic mass is 32.2. The highest BCUT2D eigenvalue weighted by Gasteiger charge is 2.39. The predicted molar refractivity (Wildman–Crippen MR) is 78.5 cm³/mol. The molecule has 0 aliphatic rings. The molecule has 0 bridgehead atoms. The van der Waals surface area contributed by atoms with E-state index in [1.165, 1.54) is 25.1 Å². The Morgan fingerprint density at radius 3 is 2.86 bits per heavy atom. The van der Waals surface area contributed by atoms with Crippen LogP contribution in [-0.2, 0) is 19.7 Å². The first-order valence-corrected chi connectivity index (χ1v) is 7.38. The number of azide groups is 1. The lowest BCUT2D eigenvalue weighted by molar-refractivity contribution is -0.151. The van der Waals surface area contributed by atoms with Crippen molar-refractivity contribution in [3.05, 3.63) is 22.2 Å². The van der Waals surface area contributed by atoms with E-state index in [1.807, 2.05) is 0 Å². The quantitative estimate of drug-likeness (QED) is 0.191. The highest BCUT2D eigenvalue weighted by molar-refractivity contribution is 7.98. The molecule has 0 aliphatic heterocycles. The molecule has 1 unspecified atom stereocenters. The molecular formula is C12H17N5O3S. The van der Waals surface area contributed by atoms with E-state index < -0.39 is 11.4 Å². The van der Waals surface area contributed by atoms with Crippen molar-refractivity contribution in [1.29, 1.82) is 0 Å². The first kappa shape index (κ1) is 17.2. The van der Waals surface area contributed by atoms with Crippen LogP contribution in [0.1, 0.15) is 19.4 Å². The third-order valence-corrected chi connectivity index (χ3v) is 3.38. The molecule has 0 N–H and O–H groups in total. The molecule has 9 heteroatoms. The lowest BCUT2D eigenvalue weighted by Crippen LogP contribution is -2.39. The number of rotatable bonds is 7. The van der Waals surface area contributed by atoms with Crippen molar-refractivity contribution in [3.63, 3.8) is 0 Å². The van der Waals surface area contributed by atoms with Crippen LogP contribution in [0.4, 0.5) is 5.82 Å². The van der Waals surface area contributed by atoms with Gasteiger partial charge in [0.2, 0.25) is 0 Å². The average Bonchev–Trinajstić information content (AvgIpc) is 2.47. The molecule has 1 rings (SSSR count). The molecule has 0 spiro atoms. The smallest absolute Gasteiger partial charge is 0.318 e. The Hall–Kier alpha value is -1.83. The number of thioether (sulfide) groups is 1. The molecule has 0 saturated carbocycles. The first-order valence-electron chi connectivity index (χ1n) is 6.16. The van der Waals surface area contributed by atoms with Gasteiger partial charge < -0.3 is 9.47 Å². The fourth-order valence-corrected chi connectivity index (χ4v) is 2.12. The van der Waals surface area contributed by atoms with E-state index >= 15 is 0 Å². The number of ether oxygens (including phenoxy) is 2. The van der Waals surface area contributed by atoms with Crippen LogP contribution in [0.15, 0.2) is 16.5 Å². The molecule has 1 aromatic rings. The van der Waals surface area contributed by atoms with Crippen molar-refractivity contribution >= 4 is 23.5 Å². The summed E-state index contributed by atoms with van der Waals surface area (Å²) in [6, 6.07) is 0. The maximum absolute atomic E-state index is 12.3. The third kappa shape index (κ3) is 3.84. The Morgan fingerprint density at radius 1 is 1.62 bits per heavy atom. The van der Waals surface area contributed by atoms with Gasteiger partial charge in [-0.2, -0.15) is 0 Å². The zero-order chi connectivity index (χ0) is 15.9. The van der Waals surface area contributed by atoms with E-state index in [9.17, 15) is 4.79 Å². The Balaban J connectivity index is 3.43. The third-order valence-electron chi connectivity index (χ3n) is 2.82. The molecule has 1 aromatic heterocycles. The van der Waals surface area contributed by atoms with Gasteiger partial charge in [-0.05, 0) is 30.7 Å².